The Labute approximate surface area is 106 Å². The lowest BCUT2D eigenvalue weighted by Gasteiger charge is -2.10. The number of fused-ring (bicyclic) bond motifs is 2. The van der Waals surface area contributed by atoms with Crippen molar-refractivity contribution in [2.45, 2.75) is 26.7 Å². The van der Waals surface area contributed by atoms with Gasteiger partial charge in [0.2, 0.25) is 0 Å². The Morgan fingerprint density at radius 3 is 3.00 bits per heavy atom. The molecule has 3 nitrogen and oxygen atoms in total. The summed E-state index contributed by atoms with van der Waals surface area (Å²) < 4.78 is 5.28. The molecule has 1 aromatic heterocycles. The van der Waals surface area contributed by atoms with E-state index in [1.807, 2.05) is 13.0 Å². The van der Waals surface area contributed by atoms with Crippen LogP contribution in [0.4, 0.5) is 5.69 Å². The van der Waals surface area contributed by atoms with Gasteiger partial charge in [-0.15, -0.1) is 0 Å². The Morgan fingerprint density at radius 2 is 2.17 bits per heavy atom. The fraction of sp³-hybridized carbons (Fsp3) is 0.400. The second-order valence-electron chi connectivity index (χ2n) is 5.28. The average Bonchev–Trinajstić information content (AvgIpc) is 2.50. The third kappa shape index (κ3) is 1.90. The van der Waals surface area contributed by atoms with Crippen LogP contribution in [0.3, 0.4) is 0 Å². The summed E-state index contributed by atoms with van der Waals surface area (Å²) in [4.78, 5) is 11.4. The summed E-state index contributed by atoms with van der Waals surface area (Å²) in [5, 5.41) is 4.49. The van der Waals surface area contributed by atoms with Crippen LogP contribution in [0.15, 0.2) is 27.4 Å². The van der Waals surface area contributed by atoms with E-state index < -0.39 is 0 Å². The molecule has 0 aliphatic carbocycles. The number of hydrogen-bond donors (Lipinski definition) is 1. The summed E-state index contributed by atoms with van der Waals surface area (Å²) in [6, 6.07) is 5.69. The highest BCUT2D eigenvalue weighted by Gasteiger charge is 2.14. The molecule has 1 aliphatic heterocycles. The fourth-order valence-corrected chi connectivity index (χ4v) is 2.57. The van der Waals surface area contributed by atoms with E-state index in [0.29, 0.717) is 11.5 Å². The lowest BCUT2D eigenvalue weighted by molar-refractivity contribution is 0.560. The van der Waals surface area contributed by atoms with Gasteiger partial charge in [0.1, 0.15) is 5.58 Å². The summed E-state index contributed by atoms with van der Waals surface area (Å²) >= 11 is 0. The number of hydrogen-bond acceptors (Lipinski definition) is 3. The first-order chi connectivity index (χ1) is 8.63. The standard InChI is InChI=1S/C15H17NO2/c1-9-3-4-11-6-12-10(2)5-15(17)18-14(12)7-13(11)16-8-9/h5-7,9,16H,3-4,8H2,1-2H3/t9-/m1/s1. The van der Waals surface area contributed by atoms with E-state index in [1.165, 1.54) is 12.0 Å². The van der Waals surface area contributed by atoms with Crippen molar-refractivity contribution in [3.63, 3.8) is 0 Å². The molecule has 0 saturated carbocycles. The Balaban J connectivity index is 2.22. The van der Waals surface area contributed by atoms with Crippen molar-refractivity contribution in [2.75, 3.05) is 11.9 Å². The molecule has 0 amide bonds. The minimum Gasteiger partial charge on any atom is -0.423 e. The Kier molecular flexibility index (Phi) is 2.62. The van der Waals surface area contributed by atoms with Crippen molar-refractivity contribution in [3.8, 4) is 0 Å². The molecule has 0 spiro atoms. The summed E-state index contributed by atoms with van der Waals surface area (Å²) in [5.74, 6) is 0.675. The van der Waals surface area contributed by atoms with Crippen molar-refractivity contribution < 1.29 is 4.42 Å². The summed E-state index contributed by atoms with van der Waals surface area (Å²) in [5.41, 5.74) is 3.83. The predicted molar refractivity (Wildman–Crippen MR) is 73.2 cm³/mol. The second-order valence-corrected chi connectivity index (χ2v) is 5.28. The van der Waals surface area contributed by atoms with Crippen molar-refractivity contribution in [1.82, 2.24) is 0 Å². The van der Waals surface area contributed by atoms with Gasteiger partial charge in [0.15, 0.2) is 0 Å². The molecule has 0 saturated heterocycles. The third-order valence-electron chi connectivity index (χ3n) is 3.72. The van der Waals surface area contributed by atoms with E-state index in [2.05, 4.69) is 18.3 Å². The number of nitrogens with one attached hydrogen (secondary N) is 1. The molecule has 94 valence electrons. The number of benzene rings is 1. The predicted octanol–water partition coefficient (Wildman–Crippen LogP) is 3.10. The monoisotopic (exact) mass is 243 g/mol. The molecular weight excluding hydrogens is 226 g/mol. The molecule has 1 aromatic carbocycles. The molecule has 3 heteroatoms. The van der Waals surface area contributed by atoms with Crippen LogP contribution < -0.4 is 10.9 Å². The van der Waals surface area contributed by atoms with Gasteiger partial charge in [-0.3, -0.25) is 0 Å². The smallest absolute Gasteiger partial charge is 0.336 e. The zero-order chi connectivity index (χ0) is 12.7. The Hall–Kier alpha value is -1.77. The van der Waals surface area contributed by atoms with Gasteiger partial charge in [-0.2, -0.15) is 0 Å². The first-order valence-corrected chi connectivity index (χ1v) is 6.45. The third-order valence-corrected chi connectivity index (χ3v) is 3.72. The van der Waals surface area contributed by atoms with Crippen LogP contribution in [0.5, 0.6) is 0 Å². The number of aryl methyl sites for hydroxylation is 2. The number of rotatable bonds is 0. The largest absolute Gasteiger partial charge is 0.423 e. The molecule has 1 atom stereocenters. The van der Waals surface area contributed by atoms with Crippen LogP contribution in [-0.2, 0) is 6.42 Å². The summed E-state index contributed by atoms with van der Waals surface area (Å²) in [7, 11) is 0. The van der Waals surface area contributed by atoms with Crippen LogP contribution in [0.2, 0.25) is 0 Å². The minimum absolute atomic E-state index is 0.276. The van der Waals surface area contributed by atoms with Gasteiger partial charge in [-0.25, -0.2) is 4.79 Å². The van der Waals surface area contributed by atoms with Crippen LogP contribution in [0.25, 0.3) is 11.0 Å². The van der Waals surface area contributed by atoms with E-state index in [9.17, 15) is 4.79 Å². The van der Waals surface area contributed by atoms with Crippen LogP contribution in [-0.4, -0.2) is 6.54 Å². The maximum atomic E-state index is 11.4. The minimum atomic E-state index is -0.276. The molecule has 18 heavy (non-hydrogen) atoms. The van der Waals surface area contributed by atoms with Crippen molar-refractivity contribution in [3.05, 3.63) is 39.7 Å². The van der Waals surface area contributed by atoms with Gasteiger partial charge in [0.05, 0.1) is 0 Å². The van der Waals surface area contributed by atoms with E-state index in [-0.39, 0.29) is 5.63 Å². The molecule has 3 rings (SSSR count). The van der Waals surface area contributed by atoms with Gasteiger partial charge in [0, 0.05) is 29.8 Å². The van der Waals surface area contributed by atoms with E-state index in [1.54, 1.807) is 6.07 Å². The quantitative estimate of drug-likeness (QED) is 0.723. The van der Waals surface area contributed by atoms with Crippen LogP contribution in [0.1, 0.15) is 24.5 Å². The summed E-state index contributed by atoms with van der Waals surface area (Å²) in [6.45, 7) is 5.19. The normalized spacial score (nSPS) is 19.1. The molecule has 0 bridgehead atoms. The Bertz CT molecular complexity index is 657. The van der Waals surface area contributed by atoms with Gasteiger partial charge < -0.3 is 9.73 Å². The van der Waals surface area contributed by atoms with Gasteiger partial charge in [0.25, 0.3) is 0 Å². The average molecular weight is 243 g/mol. The fourth-order valence-electron chi connectivity index (χ4n) is 2.57. The summed E-state index contributed by atoms with van der Waals surface area (Å²) in [6.07, 6.45) is 2.28. The SMILES string of the molecule is Cc1cc(=O)oc2cc3c(cc12)CC[C@@H](C)CN3. The molecular formula is C15H17NO2. The van der Waals surface area contributed by atoms with Gasteiger partial charge >= 0.3 is 5.63 Å². The maximum absolute atomic E-state index is 11.4. The molecule has 0 fully saturated rings. The molecule has 0 radical (unpaired) electrons. The van der Waals surface area contributed by atoms with E-state index in [0.717, 1.165) is 29.6 Å². The molecule has 2 aromatic rings. The van der Waals surface area contributed by atoms with Crippen molar-refractivity contribution in [2.24, 2.45) is 5.92 Å². The van der Waals surface area contributed by atoms with Crippen LogP contribution >= 0.6 is 0 Å². The first kappa shape index (κ1) is 11.3. The highest BCUT2D eigenvalue weighted by molar-refractivity contribution is 5.85. The maximum Gasteiger partial charge on any atom is 0.336 e. The van der Waals surface area contributed by atoms with Crippen molar-refractivity contribution >= 4 is 16.7 Å². The van der Waals surface area contributed by atoms with Crippen molar-refractivity contribution in [1.29, 1.82) is 0 Å². The van der Waals surface area contributed by atoms with Gasteiger partial charge in [-0.1, -0.05) is 6.92 Å². The number of anilines is 1. The lowest BCUT2D eigenvalue weighted by atomic mass is 10.0. The first-order valence-electron chi connectivity index (χ1n) is 6.45. The lowest BCUT2D eigenvalue weighted by Crippen LogP contribution is -2.08. The topological polar surface area (TPSA) is 42.2 Å². The zero-order valence-electron chi connectivity index (χ0n) is 10.7. The highest BCUT2D eigenvalue weighted by Crippen LogP contribution is 2.29. The van der Waals surface area contributed by atoms with Crippen LogP contribution in [0, 0.1) is 12.8 Å². The van der Waals surface area contributed by atoms with E-state index in [4.69, 9.17) is 4.42 Å². The van der Waals surface area contributed by atoms with E-state index >= 15 is 0 Å². The molecule has 0 unspecified atom stereocenters. The van der Waals surface area contributed by atoms with Gasteiger partial charge in [-0.05, 0) is 42.9 Å². The highest BCUT2D eigenvalue weighted by atomic mass is 16.4. The second kappa shape index (κ2) is 4.16. The zero-order valence-corrected chi connectivity index (χ0v) is 10.7. The molecule has 1 aliphatic rings. The molecule has 1 N–H and O–H groups in total. The molecule has 2 heterocycles. The Morgan fingerprint density at radius 1 is 1.33 bits per heavy atom.